The number of alkyl halides is 3. The first-order chi connectivity index (χ1) is 16.6. The number of carbonyl (C=O) groups is 1. The predicted molar refractivity (Wildman–Crippen MR) is 125 cm³/mol. The van der Waals surface area contributed by atoms with Crippen LogP contribution in [0.1, 0.15) is 34.2 Å². The number of aliphatic hydroxyl groups excluding tert-OH is 1. The average molecular weight is 483 g/mol. The Morgan fingerprint density at radius 1 is 1.00 bits per heavy atom. The molecule has 0 radical (unpaired) electrons. The van der Waals surface area contributed by atoms with E-state index < -0.39 is 30.3 Å². The van der Waals surface area contributed by atoms with Crippen LogP contribution in [0.4, 0.5) is 13.2 Å². The van der Waals surface area contributed by atoms with E-state index in [1.54, 1.807) is 60.7 Å². The van der Waals surface area contributed by atoms with Gasteiger partial charge in [-0.2, -0.15) is 13.2 Å². The molecule has 4 rings (SSSR count). The lowest BCUT2D eigenvalue weighted by atomic mass is 9.85. The molecule has 0 fully saturated rings. The lowest BCUT2D eigenvalue weighted by Crippen LogP contribution is -2.34. The molecule has 1 unspecified atom stereocenters. The van der Waals surface area contributed by atoms with Crippen molar-refractivity contribution in [1.29, 1.82) is 0 Å². The van der Waals surface area contributed by atoms with E-state index >= 15 is 0 Å². The fraction of sp³-hybridized carbons (Fsp3) is 0.231. The second kappa shape index (κ2) is 9.52. The maximum absolute atomic E-state index is 13.8. The highest BCUT2D eigenvalue weighted by atomic mass is 19.4. The Balaban J connectivity index is 1.96. The number of aliphatic hydroxyl groups is 2. The van der Waals surface area contributed by atoms with E-state index in [4.69, 9.17) is 0 Å². The summed E-state index contributed by atoms with van der Waals surface area (Å²) in [4.78, 5) is 17.0. The van der Waals surface area contributed by atoms with Crippen molar-refractivity contribution in [3.05, 3.63) is 101 Å². The van der Waals surface area contributed by atoms with Gasteiger partial charge >= 0.3 is 6.18 Å². The number of aromatic nitrogens is 2. The molecule has 182 valence electrons. The van der Waals surface area contributed by atoms with E-state index in [9.17, 15) is 28.2 Å². The van der Waals surface area contributed by atoms with Gasteiger partial charge in [-0.15, -0.1) is 0 Å². The second-order valence-corrected chi connectivity index (χ2v) is 8.34. The van der Waals surface area contributed by atoms with Crippen molar-refractivity contribution in [2.75, 3.05) is 6.54 Å². The number of fused-ring (bicyclic) bond motifs is 1. The van der Waals surface area contributed by atoms with Crippen molar-refractivity contribution in [3.8, 4) is 0 Å². The molecule has 0 aliphatic rings. The number of rotatable bonds is 7. The Bertz CT molecular complexity index is 1280. The van der Waals surface area contributed by atoms with Crippen LogP contribution in [-0.4, -0.2) is 44.5 Å². The average Bonchev–Trinajstić information content (AvgIpc) is 3.19. The SMILES string of the molecule is CC(O)CNC(=O)c1ccc2nc(C(O)(c3ccccc3)c3ccccc3)n(CC(F)(F)F)c2c1. The van der Waals surface area contributed by atoms with Crippen LogP contribution >= 0.6 is 0 Å². The molecule has 6 nitrogen and oxygen atoms in total. The highest BCUT2D eigenvalue weighted by Crippen LogP contribution is 2.38. The molecule has 0 aliphatic heterocycles. The summed E-state index contributed by atoms with van der Waals surface area (Å²) >= 11 is 0. The van der Waals surface area contributed by atoms with E-state index in [0.717, 1.165) is 4.57 Å². The minimum absolute atomic E-state index is 0.00824. The number of hydrogen-bond acceptors (Lipinski definition) is 4. The number of carbonyl (C=O) groups excluding carboxylic acids is 1. The maximum Gasteiger partial charge on any atom is 0.406 e. The smallest absolute Gasteiger partial charge is 0.392 e. The Morgan fingerprint density at radius 2 is 1.57 bits per heavy atom. The van der Waals surface area contributed by atoms with Crippen LogP contribution in [0.2, 0.25) is 0 Å². The van der Waals surface area contributed by atoms with E-state index in [1.165, 1.54) is 25.1 Å². The molecule has 9 heteroatoms. The molecular weight excluding hydrogens is 459 g/mol. The lowest BCUT2D eigenvalue weighted by Gasteiger charge is -2.30. The Hall–Kier alpha value is -3.69. The summed E-state index contributed by atoms with van der Waals surface area (Å²) in [5.41, 5.74) is -0.953. The number of nitrogens with zero attached hydrogens (tertiary/aromatic N) is 2. The van der Waals surface area contributed by atoms with Crippen LogP contribution in [0, 0.1) is 0 Å². The quantitative estimate of drug-likeness (QED) is 0.371. The molecule has 1 atom stereocenters. The van der Waals surface area contributed by atoms with Gasteiger partial charge in [0.05, 0.1) is 17.1 Å². The molecule has 3 N–H and O–H groups in total. The summed E-state index contributed by atoms with van der Waals surface area (Å²) in [5, 5.41) is 24.0. The van der Waals surface area contributed by atoms with E-state index in [2.05, 4.69) is 10.3 Å². The molecule has 0 saturated heterocycles. The highest BCUT2D eigenvalue weighted by Gasteiger charge is 2.41. The minimum Gasteiger partial charge on any atom is -0.392 e. The fourth-order valence-corrected chi connectivity index (χ4v) is 4.01. The fourth-order valence-electron chi connectivity index (χ4n) is 4.01. The molecule has 35 heavy (non-hydrogen) atoms. The molecular formula is C26H24F3N3O3. The first-order valence-electron chi connectivity index (χ1n) is 11.0. The zero-order chi connectivity index (χ0) is 25.2. The van der Waals surface area contributed by atoms with Gasteiger partial charge in [-0.05, 0) is 36.2 Å². The zero-order valence-electron chi connectivity index (χ0n) is 18.8. The Labute approximate surface area is 199 Å². The van der Waals surface area contributed by atoms with Gasteiger partial charge in [0.1, 0.15) is 6.54 Å². The van der Waals surface area contributed by atoms with Crippen molar-refractivity contribution >= 4 is 16.9 Å². The first kappa shape index (κ1) is 24.4. The molecule has 1 heterocycles. The number of amides is 1. The Kier molecular flexibility index (Phi) is 6.64. The van der Waals surface area contributed by atoms with Crippen molar-refractivity contribution in [1.82, 2.24) is 14.9 Å². The minimum atomic E-state index is -4.62. The maximum atomic E-state index is 13.8. The number of benzene rings is 3. The third kappa shape index (κ3) is 5.06. The summed E-state index contributed by atoms with van der Waals surface area (Å²) < 4.78 is 42.2. The van der Waals surface area contributed by atoms with E-state index in [1.807, 2.05) is 0 Å². The largest absolute Gasteiger partial charge is 0.406 e. The molecule has 1 amide bonds. The van der Waals surface area contributed by atoms with Gasteiger partial charge in [-0.3, -0.25) is 4.79 Å². The van der Waals surface area contributed by atoms with Gasteiger partial charge < -0.3 is 20.1 Å². The topological polar surface area (TPSA) is 87.4 Å². The summed E-state index contributed by atoms with van der Waals surface area (Å²) in [6.07, 6.45) is -5.40. The summed E-state index contributed by atoms with van der Waals surface area (Å²) in [6.45, 7) is 0.0768. The van der Waals surface area contributed by atoms with Crippen LogP contribution in [-0.2, 0) is 12.1 Å². The molecule has 0 spiro atoms. The van der Waals surface area contributed by atoms with Crippen molar-refractivity contribution in [2.45, 2.75) is 31.3 Å². The number of imidazole rings is 1. The number of halogens is 3. The molecule has 0 bridgehead atoms. The third-order valence-corrected chi connectivity index (χ3v) is 5.61. The second-order valence-electron chi connectivity index (χ2n) is 8.34. The van der Waals surface area contributed by atoms with Gasteiger partial charge in [-0.1, -0.05) is 60.7 Å². The van der Waals surface area contributed by atoms with E-state index in [-0.39, 0.29) is 29.0 Å². The van der Waals surface area contributed by atoms with Crippen LogP contribution in [0.5, 0.6) is 0 Å². The molecule has 1 aromatic heterocycles. The standard InChI is InChI=1S/C26H24F3N3O3/c1-17(33)15-30-23(34)18-12-13-21-22(14-18)32(16-25(27,28)29)24(31-21)26(35,19-8-4-2-5-9-19)20-10-6-3-7-11-20/h2-14,17,33,35H,15-16H2,1H3,(H,30,34). The zero-order valence-corrected chi connectivity index (χ0v) is 18.8. The monoisotopic (exact) mass is 483 g/mol. The van der Waals surface area contributed by atoms with Gasteiger partial charge in [0.15, 0.2) is 11.4 Å². The lowest BCUT2D eigenvalue weighted by molar-refractivity contribution is -0.141. The van der Waals surface area contributed by atoms with Crippen LogP contribution in [0.3, 0.4) is 0 Å². The van der Waals surface area contributed by atoms with Crippen LogP contribution in [0.15, 0.2) is 78.9 Å². The van der Waals surface area contributed by atoms with E-state index in [0.29, 0.717) is 11.1 Å². The summed E-state index contributed by atoms with van der Waals surface area (Å²) in [6, 6.07) is 20.9. The van der Waals surface area contributed by atoms with Gasteiger partial charge in [0, 0.05) is 12.1 Å². The number of nitrogens with one attached hydrogen (secondary N) is 1. The highest BCUT2D eigenvalue weighted by molar-refractivity contribution is 5.97. The molecule has 0 aliphatic carbocycles. The van der Waals surface area contributed by atoms with Gasteiger partial charge in [-0.25, -0.2) is 4.98 Å². The Morgan fingerprint density at radius 3 is 2.09 bits per heavy atom. The predicted octanol–water partition coefficient (Wildman–Crippen LogP) is 3.99. The number of hydrogen-bond donors (Lipinski definition) is 3. The van der Waals surface area contributed by atoms with Crippen LogP contribution < -0.4 is 5.32 Å². The van der Waals surface area contributed by atoms with Crippen LogP contribution in [0.25, 0.3) is 11.0 Å². The third-order valence-electron chi connectivity index (χ3n) is 5.61. The van der Waals surface area contributed by atoms with Crippen molar-refractivity contribution in [2.24, 2.45) is 0 Å². The first-order valence-corrected chi connectivity index (χ1v) is 11.0. The van der Waals surface area contributed by atoms with Gasteiger partial charge in [0.25, 0.3) is 5.91 Å². The molecule has 0 saturated carbocycles. The summed E-state index contributed by atoms with van der Waals surface area (Å²) in [7, 11) is 0. The van der Waals surface area contributed by atoms with Gasteiger partial charge in [0.2, 0.25) is 0 Å². The van der Waals surface area contributed by atoms with Crippen molar-refractivity contribution in [3.63, 3.8) is 0 Å². The molecule has 3 aromatic carbocycles. The normalized spacial score (nSPS) is 13.1. The summed E-state index contributed by atoms with van der Waals surface area (Å²) in [5.74, 6) is -0.765. The van der Waals surface area contributed by atoms with Crippen molar-refractivity contribution < 1.29 is 28.2 Å². The molecule has 4 aromatic rings.